The molecule has 0 bridgehead atoms. The minimum atomic E-state index is -4.26. The lowest BCUT2D eigenvalue weighted by atomic mass is 10.3. The first-order valence-corrected chi connectivity index (χ1v) is 14.5. The minimum Gasteiger partial charge on any atom is -0.399 e. The van der Waals surface area contributed by atoms with Crippen LogP contribution in [-0.4, -0.2) is 25.3 Å². The van der Waals surface area contributed by atoms with Gasteiger partial charge < -0.3 is 11.5 Å². The molecule has 0 fully saturated rings. The van der Waals surface area contributed by atoms with Crippen molar-refractivity contribution in [2.45, 2.75) is 29.4 Å². The van der Waals surface area contributed by atoms with Crippen molar-refractivity contribution >= 4 is 40.9 Å². The molecule has 0 saturated heterocycles. The Balaban J connectivity index is 1.78. The molecule has 0 unspecified atom stereocenters. The highest BCUT2D eigenvalue weighted by Crippen LogP contribution is 2.30. The van der Waals surface area contributed by atoms with Gasteiger partial charge in [0.25, 0.3) is 0 Å². The van der Waals surface area contributed by atoms with Crippen LogP contribution in [0.4, 0.5) is 11.4 Å². The molecule has 0 saturated carbocycles. The molecular formula is C24H20N2O6S3. The smallest absolute Gasteiger partial charge is 0.206 e. The van der Waals surface area contributed by atoms with Crippen LogP contribution in [0.15, 0.2) is 126 Å². The topological polar surface area (TPSA) is 154 Å². The minimum absolute atomic E-state index is 0.0812. The molecule has 4 rings (SSSR count). The lowest BCUT2D eigenvalue weighted by Gasteiger charge is -2.10. The Labute approximate surface area is 203 Å². The van der Waals surface area contributed by atoms with E-state index in [0.717, 1.165) is 12.1 Å². The first-order valence-electron chi connectivity index (χ1n) is 10.1. The fourth-order valence-electron chi connectivity index (χ4n) is 3.39. The van der Waals surface area contributed by atoms with E-state index in [-0.39, 0.29) is 40.7 Å². The van der Waals surface area contributed by atoms with E-state index in [9.17, 15) is 25.3 Å². The molecule has 4 N–H and O–H groups in total. The standard InChI is InChI=1S/C24H20N2O6S3/c25-17-5-1-7-19(13-17)33(27,28)21-9-3-11-23(15-21)35(31,32)24-12-4-10-22(16-24)34(29,30)20-8-2-6-18(26)14-20/h1-16H,25-26H2. The van der Waals surface area contributed by atoms with Gasteiger partial charge in [-0.3, -0.25) is 0 Å². The van der Waals surface area contributed by atoms with Crippen LogP contribution in [-0.2, 0) is 29.5 Å². The van der Waals surface area contributed by atoms with Gasteiger partial charge in [-0.2, -0.15) is 0 Å². The van der Waals surface area contributed by atoms with Gasteiger partial charge in [0, 0.05) is 11.4 Å². The second kappa shape index (κ2) is 8.84. The van der Waals surface area contributed by atoms with Gasteiger partial charge in [-0.05, 0) is 72.8 Å². The number of hydrogen-bond donors (Lipinski definition) is 2. The summed E-state index contributed by atoms with van der Waals surface area (Å²) in [5.74, 6) is 0. The largest absolute Gasteiger partial charge is 0.399 e. The Hall–Kier alpha value is -3.67. The molecule has 0 aliphatic rings. The maximum absolute atomic E-state index is 13.3. The average Bonchev–Trinajstić information content (AvgIpc) is 2.84. The van der Waals surface area contributed by atoms with E-state index in [4.69, 9.17) is 11.5 Å². The van der Waals surface area contributed by atoms with Gasteiger partial charge in [0.05, 0.1) is 29.4 Å². The van der Waals surface area contributed by atoms with Gasteiger partial charge in [-0.15, -0.1) is 0 Å². The Morgan fingerprint density at radius 1 is 0.371 bits per heavy atom. The van der Waals surface area contributed by atoms with E-state index in [1.807, 2.05) is 0 Å². The van der Waals surface area contributed by atoms with Gasteiger partial charge in [-0.25, -0.2) is 25.3 Å². The third-order valence-electron chi connectivity index (χ3n) is 5.19. The fraction of sp³-hybridized carbons (Fsp3) is 0. The summed E-state index contributed by atoms with van der Waals surface area (Å²) in [4.78, 5) is -1.26. The van der Waals surface area contributed by atoms with Crippen LogP contribution in [0.3, 0.4) is 0 Å². The molecule has 11 heteroatoms. The van der Waals surface area contributed by atoms with Crippen molar-refractivity contribution < 1.29 is 25.3 Å². The zero-order valence-electron chi connectivity index (χ0n) is 18.1. The monoisotopic (exact) mass is 528 g/mol. The van der Waals surface area contributed by atoms with Crippen LogP contribution in [0.1, 0.15) is 0 Å². The van der Waals surface area contributed by atoms with E-state index in [0.29, 0.717) is 0 Å². The van der Waals surface area contributed by atoms with Gasteiger partial charge in [-0.1, -0.05) is 24.3 Å². The normalized spacial score (nSPS) is 12.3. The van der Waals surface area contributed by atoms with Crippen molar-refractivity contribution in [3.8, 4) is 0 Å². The van der Waals surface area contributed by atoms with Gasteiger partial charge in [0.2, 0.25) is 29.5 Å². The zero-order valence-corrected chi connectivity index (χ0v) is 20.5. The second-order valence-electron chi connectivity index (χ2n) is 7.61. The van der Waals surface area contributed by atoms with E-state index >= 15 is 0 Å². The van der Waals surface area contributed by atoms with Crippen LogP contribution >= 0.6 is 0 Å². The highest BCUT2D eigenvalue weighted by Gasteiger charge is 2.25. The maximum atomic E-state index is 13.3. The van der Waals surface area contributed by atoms with Crippen LogP contribution in [0.25, 0.3) is 0 Å². The van der Waals surface area contributed by atoms with E-state index < -0.39 is 29.5 Å². The summed E-state index contributed by atoms with van der Waals surface area (Å²) in [6.45, 7) is 0. The SMILES string of the molecule is Nc1cccc(S(=O)(=O)c2cccc(S(=O)(=O)c3cccc(S(=O)(=O)c4cccc(N)c4)c3)c2)c1. The van der Waals surface area contributed by atoms with Crippen molar-refractivity contribution in [3.05, 3.63) is 97.1 Å². The highest BCUT2D eigenvalue weighted by molar-refractivity contribution is 7.92. The van der Waals surface area contributed by atoms with Gasteiger partial charge >= 0.3 is 0 Å². The summed E-state index contributed by atoms with van der Waals surface area (Å²) in [6, 6.07) is 21.0. The van der Waals surface area contributed by atoms with Crippen molar-refractivity contribution in [2.75, 3.05) is 11.5 Å². The summed E-state index contributed by atoms with van der Waals surface area (Å²) in [5, 5.41) is 0. The molecule has 0 heterocycles. The van der Waals surface area contributed by atoms with Crippen molar-refractivity contribution in [1.82, 2.24) is 0 Å². The summed E-state index contributed by atoms with van der Waals surface area (Å²) < 4.78 is 78.8. The first kappa shape index (κ1) is 24.5. The summed E-state index contributed by atoms with van der Waals surface area (Å²) in [5.41, 5.74) is 11.9. The van der Waals surface area contributed by atoms with Crippen LogP contribution in [0.5, 0.6) is 0 Å². The van der Waals surface area contributed by atoms with E-state index in [2.05, 4.69) is 0 Å². The Morgan fingerprint density at radius 3 is 0.857 bits per heavy atom. The maximum Gasteiger partial charge on any atom is 0.206 e. The van der Waals surface area contributed by atoms with Crippen LogP contribution in [0, 0.1) is 0 Å². The van der Waals surface area contributed by atoms with Gasteiger partial charge in [0.1, 0.15) is 0 Å². The lowest BCUT2D eigenvalue weighted by Crippen LogP contribution is -2.08. The van der Waals surface area contributed by atoms with Crippen LogP contribution in [0.2, 0.25) is 0 Å². The number of nitrogens with two attached hydrogens (primary N) is 2. The van der Waals surface area contributed by atoms with Crippen molar-refractivity contribution in [2.24, 2.45) is 0 Å². The average molecular weight is 529 g/mol. The van der Waals surface area contributed by atoms with E-state index in [1.165, 1.54) is 84.9 Å². The van der Waals surface area contributed by atoms with Crippen LogP contribution < -0.4 is 11.5 Å². The van der Waals surface area contributed by atoms with E-state index in [1.54, 1.807) is 0 Å². The molecule has 0 atom stereocenters. The first-order chi connectivity index (χ1) is 16.4. The number of nitrogen functional groups attached to an aromatic ring is 2. The molecule has 0 aliphatic heterocycles. The molecule has 0 aliphatic carbocycles. The Morgan fingerprint density at radius 2 is 0.600 bits per heavy atom. The Kier molecular flexibility index (Phi) is 6.18. The third-order valence-corrected chi connectivity index (χ3v) is 10.4. The number of anilines is 2. The molecule has 0 aromatic heterocycles. The number of benzene rings is 4. The molecule has 0 radical (unpaired) electrons. The molecule has 4 aromatic carbocycles. The Bertz CT molecular complexity index is 1640. The summed E-state index contributed by atoms with van der Waals surface area (Å²) >= 11 is 0. The quantitative estimate of drug-likeness (QED) is 0.361. The number of rotatable bonds is 6. The second-order valence-corrected chi connectivity index (χ2v) is 13.5. The molecule has 0 spiro atoms. The molecule has 4 aromatic rings. The predicted octanol–water partition coefficient (Wildman–Crippen LogP) is 3.35. The third kappa shape index (κ3) is 4.65. The fourth-order valence-corrected chi connectivity index (χ4v) is 7.61. The number of hydrogen-bond acceptors (Lipinski definition) is 8. The van der Waals surface area contributed by atoms with Crippen molar-refractivity contribution in [1.29, 1.82) is 0 Å². The summed E-state index contributed by atoms with van der Waals surface area (Å²) in [6.07, 6.45) is 0. The predicted molar refractivity (Wildman–Crippen MR) is 131 cm³/mol. The van der Waals surface area contributed by atoms with Gasteiger partial charge in [0.15, 0.2) is 0 Å². The molecule has 180 valence electrons. The van der Waals surface area contributed by atoms with Crippen molar-refractivity contribution in [3.63, 3.8) is 0 Å². The highest BCUT2D eigenvalue weighted by atomic mass is 32.2. The summed E-state index contributed by atoms with van der Waals surface area (Å²) in [7, 11) is -12.4. The lowest BCUT2D eigenvalue weighted by molar-refractivity contribution is 0.594. The molecular weight excluding hydrogens is 508 g/mol. The number of sulfone groups is 3. The molecule has 8 nitrogen and oxygen atoms in total. The molecule has 0 amide bonds. The molecule has 35 heavy (non-hydrogen) atoms. The zero-order chi connectivity index (χ0) is 25.4.